The van der Waals surface area contributed by atoms with Gasteiger partial charge in [0.2, 0.25) is 11.8 Å². The van der Waals surface area contributed by atoms with E-state index in [1.165, 1.54) is 0 Å². The predicted octanol–water partition coefficient (Wildman–Crippen LogP) is 2.84. The molecule has 0 saturated carbocycles. The first-order valence-corrected chi connectivity index (χ1v) is 8.82. The summed E-state index contributed by atoms with van der Waals surface area (Å²) in [5, 5.41) is 8.25. The van der Waals surface area contributed by atoms with Crippen molar-refractivity contribution in [3.63, 3.8) is 0 Å². The van der Waals surface area contributed by atoms with Gasteiger partial charge in [-0.1, -0.05) is 13.8 Å². The third kappa shape index (κ3) is 3.20. The van der Waals surface area contributed by atoms with Gasteiger partial charge >= 0.3 is 0 Å². The maximum Gasteiger partial charge on any atom is 0.256 e. The molecule has 1 atom stereocenters. The normalized spacial score (nSPS) is 18.2. The lowest BCUT2D eigenvalue weighted by Crippen LogP contribution is -2.43. The van der Waals surface area contributed by atoms with Crippen LogP contribution in [0.2, 0.25) is 0 Å². The number of aryl methyl sites for hydroxylation is 1. The lowest BCUT2D eigenvalue weighted by molar-refractivity contribution is -0.0108. The van der Waals surface area contributed by atoms with Gasteiger partial charge in [0.05, 0.1) is 18.8 Å². The van der Waals surface area contributed by atoms with Gasteiger partial charge in [-0.05, 0) is 26.8 Å². The molecule has 3 heterocycles. The van der Waals surface area contributed by atoms with Crippen LogP contribution in [-0.4, -0.2) is 45.3 Å². The molecule has 0 unspecified atom stereocenters. The number of ether oxygens (including phenoxy) is 1. The number of amides is 1. The van der Waals surface area contributed by atoms with Crippen molar-refractivity contribution in [2.24, 2.45) is 0 Å². The third-order valence-electron chi connectivity index (χ3n) is 4.74. The highest BCUT2D eigenvalue weighted by molar-refractivity contribution is 5.96. The van der Waals surface area contributed by atoms with E-state index in [2.05, 4.69) is 21.7 Å². The van der Waals surface area contributed by atoms with Gasteiger partial charge in [-0.2, -0.15) is 0 Å². The van der Waals surface area contributed by atoms with Crippen molar-refractivity contribution in [3.05, 3.63) is 34.8 Å². The summed E-state index contributed by atoms with van der Waals surface area (Å²) < 4.78 is 13.5. The summed E-state index contributed by atoms with van der Waals surface area (Å²) in [5.74, 6) is 1.17. The summed E-state index contributed by atoms with van der Waals surface area (Å²) in [6, 6.07) is 1.62. The van der Waals surface area contributed by atoms with Crippen LogP contribution in [0.3, 0.4) is 0 Å². The van der Waals surface area contributed by atoms with Crippen molar-refractivity contribution in [1.82, 2.24) is 19.7 Å². The Morgan fingerprint density at radius 1 is 1.36 bits per heavy atom. The minimum atomic E-state index is -0.342. The Bertz CT molecular complexity index is 762. The summed E-state index contributed by atoms with van der Waals surface area (Å²) in [7, 11) is 0. The van der Waals surface area contributed by atoms with Crippen LogP contribution in [0.1, 0.15) is 66.3 Å². The highest BCUT2D eigenvalue weighted by atomic mass is 16.5. The summed E-state index contributed by atoms with van der Waals surface area (Å²) in [6.45, 7) is 12.3. The van der Waals surface area contributed by atoms with E-state index < -0.39 is 0 Å². The molecular formula is C18H26N4O3. The number of aromatic nitrogens is 3. The minimum absolute atomic E-state index is 0.00889. The smallest absolute Gasteiger partial charge is 0.256 e. The third-order valence-corrected chi connectivity index (χ3v) is 4.74. The molecule has 0 spiro atoms. The molecule has 2 aromatic heterocycles. The Morgan fingerprint density at radius 3 is 2.72 bits per heavy atom. The van der Waals surface area contributed by atoms with Gasteiger partial charge in [0.1, 0.15) is 6.04 Å². The molecule has 0 N–H and O–H groups in total. The van der Waals surface area contributed by atoms with E-state index in [0.29, 0.717) is 31.5 Å². The number of morpholine rings is 1. The fourth-order valence-corrected chi connectivity index (χ4v) is 3.32. The second-order valence-electron chi connectivity index (χ2n) is 6.75. The van der Waals surface area contributed by atoms with Crippen LogP contribution in [0.25, 0.3) is 0 Å². The first kappa shape index (κ1) is 17.7. The molecule has 7 nitrogen and oxygen atoms in total. The molecule has 25 heavy (non-hydrogen) atoms. The van der Waals surface area contributed by atoms with Crippen molar-refractivity contribution in [2.75, 3.05) is 19.8 Å². The van der Waals surface area contributed by atoms with Crippen molar-refractivity contribution in [2.45, 2.75) is 53.1 Å². The molecule has 1 amide bonds. The Balaban J connectivity index is 1.91. The van der Waals surface area contributed by atoms with E-state index in [1.807, 2.05) is 33.8 Å². The monoisotopic (exact) mass is 346 g/mol. The average molecular weight is 346 g/mol. The van der Waals surface area contributed by atoms with Gasteiger partial charge in [0.15, 0.2) is 0 Å². The average Bonchev–Trinajstić information content (AvgIpc) is 3.19. The van der Waals surface area contributed by atoms with Crippen LogP contribution in [0, 0.1) is 13.8 Å². The second kappa shape index (κ2) is 7.00. The topological polar surface area (TPSA) is 73.4 Å². The number of nitrogens with zero attached hydrogens (tertiary/aromatic N) is 4. The molecule has 1 saturated heterocycles. The number of hydrogen-bond acceptors (Lipinski definition) is 5. The number of carbonyl (C=O) groups is 1. The fourth-order valence-electron chi connectivity index (χ4n) is 3.32. The minimum Gasteiger partial charge on any atom is -0.423 e. The van der Waals surface area contributed by atoms with Crippen LogP contribution in [0.4, 0.5) is 0 Å². The number of carbonyl (C=O) groups excluding carboxylic acids is 1. The molecule has 0 bridgehead atoms. The van der Waals surface area contributed by atoms with Crippen molar-refractivity contribution in [3.8, 4) is 0 Å². The van der Waals surface area contributed by atoms with Gasteiger partial charge in [0, 0.05) is 30.4 Å². The van der Waals surface area contributed by atoms with Crippen molar-refractivity contribution < 1.29 is 13.9 Å². The Labute approximate surface area is 148 Å². The van der Waals surface area contributed by atoms with Crippen molar-refractivity contribution in [1.29, 1.82) is 0 Å². The first-order chi connectivity index (χ1) is 11.9. The van der Waals surface area contributed by atoms with Crippen LogP contribution < -0.4 is 0 Å². The van der Waals surface area contributed by atoms with Gasteiger partial charge in [0.25, 0.3) is 5.91 Å². The number of rotatable bonds is 4. The molecule has 3 rings (SSSR count). The molecule has 7 heteroatoms. The standard InChI is InChI=1S/C18H26N4O3/c1-6-21-12(4)9-14(13(21)5)18(23)22-7-8-24-10-15(22)17-20-19-16(25-17)11(2)3/h9,11,15H,6-8,10H2,1-5H3/t15-/m1/s1. The Hall–Kier alpha value is -2.15. The molecule has 2 aromatic rings. The zero-order chi connectivity index (χ0) is 18.1. The second-order valence-corrected chi connectivity index (χ2v) is 6.75. The maximum absolute atomic E-state index is 13.2. The molecule has 1 aliphatic heterocycles. The van der Waals surface area contributed by atoms with Crippen LogP contribution in [0.15, 0.2) is 10.5 Å². The highest BCUT2D eigenvalue weighted by Gasteiger charge is 2.34. The SMILES string of the molecule is CCn1c(C)cc(C(=O)N2CCOC[C@@H]2c2nnc(C(C)C)o2)c1C. The molecule has 0 aromatic carbocycles. The van der Waals surface area contributed by atoms with E-state index in [4.69, 9.17) is 9.15 Å². The lowest BCUT2D eigenvalue weighted by Gasteiger charge is -2.33. The van der Waals surface area contributed by atoms with E-state index in [1.54, 1.807) is 4.90 Å². The predicted molar refractivity (Wildman–Crippen MR) is 92.6 cm³/mol. The maximum atomic E-state index is 13.2. The molecule has 136 valence electrons. The van der Waals surface area contributed by atoms with E-state index in [0.717, 1.165) is 23.5 Å². The molecule has 0 aliphatic carbocycles. The highest BCUT2D eigenvalue weighted by Crippen LogP contribution is 2.28. The summed E-state index contributed by atoms with van der Waals surface area (Å²) in [5.41, 5.74) is 2.81. The lowest BCUT2D eigenvalue weighted by atomic mass is 10.1. The van der Waals surface area contributed by atoms with Gasteiger partial charge in [-0.25, -0.2) is 0 Å². The molecule has 1 fully saturated rings. The summed E-state index contributed by atoms with van der Waals surface area (Å²) in [6.07, 6.45) is 0. The zero-order valence-corrected chi connectivity index (χ0v) is 15.6. The van der Waals surface area contributed by atoms with E-state index in [-0.39, 0.29) is 17.9 Å². The Morgan fingerprint density at radius 2 is 2.12 bits per heavy atom. The van der Waals surface area contributed by atoms with Crippen LogP contribution in [-0.2, 0) is 11.3 Å². The number of hydrogen-bond donors (Lipinski definition) is 0. The van der Waals surface area contributed by atoms with E-state index >= 15 is 0 Å². The quantitative estimate of drug-likeness (QED) is 0.851. The van der Waals surface area contributed by atoms with Gasteiger partial charge < -0.3 is 18.6 Å². The Kier molecular flexibility index (Phi) is 4.94. The van der Waals surface area contributed by atoms with Crippen LogP contribution >= 0.6 is 0 Å². The molecular weight excluding hydrogens is 320 g/mol. The van der Waals surface area contributed by atoms with Crippen LogP contribution in [0.5, 0.6) is 0 Å². The fraction of sp³-hybridized carbons (Fsp3) is 0.611. The van der Waals surface area contributed by atoms with Crippen molar-refractivity contribution >= 4 is 5.91 Å². The molecule has 0 radical (unpaired) electrons. The van der Waals surface area contributed by atoms with E-state index in [9.17, 15) is 4.79 Å². The molecule has 1 aliphatic rings. The zero-order valence-electron chi connectivity index (χ0n) is 15.6. The summed E-state index contributed by atoms with van der Waals surface area (Å²) >= 11 is 0. The first-order valence-electron chi connectivity index (χ1n) is 8.82. The summed E-state index contributed by atoms with van der Waals surface area (Å²) in [4.78, 5) is 15.0. The van der Waals surface area contributed by atoms with Gasteiger partial charge in [-0.15, -0.1) is 10.2 Å². The van der Waals surface area contributed by atoms with Gasteiger partial charge in [-0.3, -0.25) is 4.79 Å². The largest absolute Gasteiger partial charge is 0.423 e.